The highest BCUT2D eigenvalue weighted by Crippen LogP contribution is 2.32. The third-order valence-electron chi connectivity index (χ3n) is 5.27. The summed E-state index contributed by atoms with van der Waals surface area (Å²) < 4.78 is 13.0. The van der Waals surface area contributed by atoms with Crippen molar-refractivity contribution in [3.63, 3.8) is 0 Å². The lowest BCUT2D eigenvalue weighted by molar-refractivity contribution is -0.140. The number of fused-ring (bicyclic) bond motifs is 1. The first-order valence-corrected chi connectivity index (χ1v) is 10.5. The summed E-state index contributed by atoms with van der Waals surface area (Å²) in [6.07, 6.45) is 2.61. The molecular formula is C19H25N5O6S. The topological polar surface area (TPSA) is 130 Å². The fourth-order valence-corrected chi connectivity index (χ4v) is 4.61. The minimum atomic E-state index is -1.34. The Morgan fingerprint density at radius 1 is 1.16 bits per heavy atom. The van der Waals surface area contributed by atoms with Gasteiger partial charge in [-0.05, 0) is 27.7 Å². The summed E-state index contributed by atoms with van der Waals surface area (Å²) in [7, 11) is 1.56. The van der Waals surface area contributed by atoms with Gasteiger partial charge < -0.3 is 14.6 Å². The number of ether oxygens (including phenoxy) is 2. The molecule has 168 valence electrons. The summed E-state index contributed by atoms with van der Waals surface area (Å²) in [6, 6.07) is -1.82. The largest absolute Gasteiger partial charge is 0.480 e. The SMILES string of the molecule is COCCO[C@H](C)C(C)n1c(=O)n(C(C)C(=O)O)c(=O)c2c(C)c(-n3nccn3)sc21. The van der Waals surface area contributed by atoms with Gasteiger partial charge in [-0.3, -0.25) is 9.36 Å². The zero-order chi connectivity index (χ0) is 22.9. The summed E-state index contributed by atoms with van der Waals surface area (Å²) in [4.78, 5) is 40.1. The van der Waals surface area contributed by atoms with Crippen LogP contribution in [0.3, 0.4) is 0 Å². The quantitative estimate of drug-likeness (QED) is 0.483. The van der Waals surface area contributed by atoms with E-state index < -0.39 is 35.4 Å². The van der Waals surface area contributed by atoms with Crippen LogP contribution in [-0.4, -0.2) is 61.6 Å². The number of carboxylic acids is 1. The number of carboxylic acid groups (broad SMARTS) is 1. The second-order valence-corrected chi connectivity index (χ2v) is 8.16. The molecule has 0 amide bonds. The van der Waals surface area contributed by atoms with E-state index in [0.717, 1.165) is 4.57 Å². The molecule has 31 heavy (non-hydrogen) atoms. The van der Waals surface area contributed by atoms with Crippen LogP contribution in [0.25, 0.3) is 15.2 Å². The molecule has 0 bridgehead atoms. The minimum Gasteiger partial charge on any atom is -0.480 e. The van der Waals surface area contributed by atoms with Gasteiger partial charge in [-0.1, -0.05) is 11.3 Å². The van der Waals surface area contributed by atoms with E-state index in [1.807, 2.05) is 6.92 Å². The molecule has 0 aliphatic heterocycles. The van der Waals surface area contributed by atoms with Crippen LogP contribution in [0.4, 0.5) is 0 Å². The van der Waals surface area contributed by atoms with Crippen LogP contribution in [0.5, 0.6) is 0 Å². The van der Waals surface area contributed by atoms with Crippen LogP contribution < -0.4 is 11.2 Å². The highest BCUT2D eigenvalue weighted by Gasteiger charge is 2.29. The molecule has 3 aromatic rings. The maximum Gasteiger partial charge on any atom is 0.333 e. The summed E-state index contributed by atoms with van der Waals surface area (Å²) in [6.45, 7) is 7.36. The predicted octanol–water partition coefficient (Wildman–Crippen LogP) is 1.37. The number of rotatable bonds is 9. The first-order valence-electron chi connectivity index (χ1n) is 9.70. The Balaban J connectivity index is 2.31. The van der Waals surface area contributed by atoms with Crippen LogP contribution in [0.2, 0.25) is 0 Å². The highest BCUT2D eigenvalue weighted by atomic mass is 32.1. The standard InChI is InChI=1S/C19H25N5O6S/c1-10-14-15(25)22(12(3)18(26)27)19(28)23(11(2)13(4)30-9-8-29-5)17(14)31-16(10)24-20-6-7-21-24/h6-7,11-13H,8-9H2,1-5H3,(H,26,27)/t11?,12?,13-/m1/s1. The molecule has 0 saturated carbocycles. The molecule has 2 unspecified atom stereocenters. The molecule has 0 aromatic carbocycles. The zero-order valence-electron chi connectivity index (χ0n) is 17.9. The lowest BCUT2D eigenvalue weighted by Gasteiger charge is -2.24. The average molecular weight is 452 g/mol. The Labute approximate surface area is 181 Å². The molecule has 12 heteroatoms. The Bertz CT molecular complexity index is 1200. The molecule has 0 fully saturated rings. The van der Waals surface area contributed by atoms with E-state index in [1.54, 1.807) is 21.0 Å². The summed E-state index contributed by atoms with van der Waals surface area (Å²) in [5.41, 5.74) is -0.789. The second kappa shape index (κ2) is 9.12. The Morgan fingerprint density at radius 2 is 1.81 bits per heavy atom. The van der Waals surface area contributed by atoms with E-state index in [1.165, 1.54) is 40.0 Å². The maximum absolute atomic E-state index is 13.4. The number of hydrogen-bond acceptors (Lipinski definition) is 8. The molecule has 0 saturated heterocycles. The number of aromatic nitrogens is 5. The van der Waals surface area contributed by atoms with Crippen molar-refractivity contribution < 1.29 is 19.4 Å². The molecular weight excluding hydrogens is 426 g/mol. The molecule has 3 rings (SSSR count). The molecule has 3 heterocycles. The van der Waals surface area contributed by atoms with E-state index >= 15 is 0 Å². The number of aliphatic carboxylic acids is 1. The van der Waals surface area contributed by atoms with Crippen molar-refractivity contribution >= 4 is 27.5 Å². The number of thiophene rings is 1. The van der Waals surface area contributed by atoms with Crippen LogP contribution in [0, 0.1) is 6.92 Å². The smallest absolute Gasteiger partial charge is 0.333 e. The molecule has 0 aliphatic rings. The molecule has 0 radical (unpaired) electrons. The normalized spacial score (nSPS) is 14.6. The fraction of sp³-hybridized carbons (Fsp3) is 0.526. The van der Waals surface area contributed by atoms with Crippen molar-refractivity contribution in [3.8, 4) is 5.00 Å². The third kappa shape index (κ3) is 4.05. The number of carbonyl (C=O) groups is 1. The fourth-order valence-electron chi connectivity index (χ4n) is 3.31. The minimum absolute atomic E-state index is 0.265. The molecule has 1 N–H and O–H groups in total. The van der Waals surface area contributed by atoms with Gasteiger partial charge in [0.05, 0.1) is 43.1 Å². The van der Waals surface area contributed by atoms with Crippen molar-refractivity contribution in [2.45, 2.75) is 45.9 Å². The van der Waals surface area contributed by atoms with Crippen molar-refractivity contribution in [1.82, 2.24) is 24.1 Å². The molecule has 3 atom stereocenters. The van der Waals surface area contributed by atoms with Crippen molar-refractivity contribution in [3.05, 3.63) is 38.8 Å². The first-order chi connectivity index (χ1) is 14.7. The highest BCUT2D eigenvalue weighted by molar-refractivity contribution is 7.21. The van der Waals surface area contributed by atoms with E-state index in [-0.39, 0.29) is 5.39 Å². The third-order valence-corrected chi connectivity index (χ3v) is 6.52. The van der Waals surface area contributed by atoms with Gasteiger partial charge in [0.15, 0.2) is 0 Å². The monoisotopic (exact) mass is 451 g/mol. The van der Waals surface area contributed by atoms with Gasteiger partial charge >= 0.3 is 11.7 Å². The second-order valence-electron chi connectivity index (χ2n) is 7.18. The van der Waals surface area contributed by atoms with Gasteiger partial charge in [-0.25, -0.2) is 14.2 Å². The van der Waals surface area contributed by atoms with Crippen molar-refractivity contribution in [2.24, 2.45) is 0 Å². The molecule has 0 spiro atoms. The molecule has 11 nitrogen and oxygen atoms in total. The Hall–Kier alpha value is -2.83. The molecule has 3 aromatic heterocycles. The van der Waals surface area contributed by atoms with Crippen LogP contribution in [-0.2, 0) is 14.3 Å². The maximum atomic E-state index is 13.4. The predicted molar refractivity (Wildman–Crippen MR) is 114 cm³/mol. The van der Waals surface area contributed by atoms with E-state index in [4.69, 9.17) is 9.47 Å². The van der Waals surface area contributed by atoms with Gasteiger partial charge in [0, 0.05) is 12.7 Å². The summed E-state index contributed by atoms with van der Waals surface area (Å²) in [5, 5.41) is 18.6. The van der Waals surface area contributed by atoms with Gasteiger partial charge in [-0.2, -0.15) is 10.2 Å². The summed E-state index contributed by atoms with van der Waals surface area (Å²) in [5.74, 6) is -1.27. The zero-order valence-corrected chi connectivity index (χ0v) is 18.8. The van der Waals surface area contributed by atoms with Crippen molar-refractivity contribution in [1.29, 1.82) is 0 Å². The van der Waals surface area contributed by atoms with Crippen molar-refractivity contribution in [2.75, 3.05) is 20.3 Å². The number of aryl methyl sites for hydroxylation is 1. The van der Waals surface area contributed by atoms with Gasteiger partial charge in [0.1, 0.15) is 15.9 Å². The Morgan fingerprint density at radius 3 is 2.39 bits per heavy atom. The van der Waals surface area contributed by atoms with Gasteiger partial charge in [0.2, 0.25) is 0 Å². The Kier molecular flexibility index (Phi) is 6.72. The van der Waals surface area contributed by atoms with Crippen LogP contribution >= 0.6 is 11.3 Å². The lowest BCUT2D eigenvalue weighted by Crippen LogP contribution is -2.45. The number of nitrogens with zero attached hydrogens (tertiary/aromatic N) is 5. The van der Waals surface area contributed by atoms with Crippen LogP contribution in [0.15, 0.2) is 22.0 Å². The number of methoxy groups -OCH3 is 1. The molecule has 0 aliphatic carbocycles. The van der Waals surface area contributed by atoms with Gasteiger partial charge in [-0.15, -0.1) is 4.80 Å². The van der Waals surface area contributed by atoms with E-state index in [0.29, 0.717) is 28.6 Å². The van der Waals surface area contributed by atoms with Gasteiger partial charge in [0.25, 0.3) is 5.56 Å². The van der Waals surface area contributed by atoms with E-state index in [9.17, 15) is 19.5 Å². The average Bonchev–Trinajstić information content (AvgIpc) is 3.36. The number of hydrogen-bond donors (Lipinski definition) is 1. The van der Waals surface area contributed by atoms with E-state index in [2.05, 4.69) is 10.2 Å². The lowest BCUT2D eigenvalue weighted by atomic mass is 10.2. The van der Waals surface area contributed by atoms with Crippen LogP contribution in [0.1, 0.15) is 38.4 Å². The summed E-state index contributed by atoms with van der Waals surface area (Å²) >= 11 is 1.20. The first kappa shape index (κ1) is 22.8.